The summed E-state index contributed by atoms with van der Waals surface area (Å²) in [6, 6.07) is 0. The summed E-state index contributed by atoms with van der Waals surface area (Å²) >= 11 is 0. The van der Waals surface area contributed by atoms with Crippen LogP contribution in [0.1, 0.15) is 43.1 Å². The third-order valence-electron chi connectivity index (χ3n) is 4.98. The molecule has 2 heterocycles. The number of ether oxygens (including phenoxy) is 1. The molecule has 0 aliphatic carbocycles. The molecule has 2 rings (SSSR count). The largest absolute Gasteiger partial charge is 0.469 e. The van der Waals surface area contributed by atoms with Gasteiger partial charge in [-0.1, -0.05) is 0 Å². The van der Waals surface area contributed by atoms with Gasteiger partial charge in [0.2, 0.25) is 0 Å². The van der Waals surface area contributed by atoms with Gasteiger partial charge in [-0.2, -0.15) is 5.10 Å². The number of piperidine rings is 1. The number of hydrogen-bond acceptors (Lipinski definition) is 5. The monoisotopic (exact) mass is 323 g/mol. The third-order valence-corrected chi connectivity index (χ3v) is 4.98. The molecule has 1 fully saturated rings. The highest BCUT2D eigenvalue weighted by Crippen LogP contribution is 2.23. The van der Waals surface area contributed by atoms with Crippen LogP contribution in [-0.4, -0.2) is 52.1 Å². The fourth-order valence-electron chi connectivity index (χ4n) is 3.30. The highest BCUT2D eigenvalue weighted by Gasteiger charge is 2.24. The zero-order valence-electron chi connectivity index (χ0n) is 14.7. The van der Waals surface area contributed by atoms with Gasteiger partial charge in [-0.3, -0.25) is 14.4 Å². The van der Waals surface area contributed by atoms with E-state index >= 15 is 0 Å². The van der Waals surface area contributed by atoms with Crippen molar-refractivity contribution in [3.63, 3.8) is 0 Å². The molecule has 6 heteroatoms. The first-order valence-electron chi connectivity index (χ1n) is 8.42. The zero-order valence-corrected chi connectivity index (χ0v) is 14.7. The zero-order chi connectivity index (χ0) is 17.0. The van der Waals surface area contributed by atoms with Crippen molar-refractivity contribution in [3.05, 3.63) is 17.0 Å². The second kappa shape index (κ2) is 7.93. The highest BCUT2D eigenvalue weighted by molar-refractivity contribution is 5.68. The molecule has 1 N–H and O–H groups in total. The molecule has 0 radical (unpaired) electrons. The topological polar surface area (TPSA) is 67.6 Å². The van der Waals surface area contributed by atoms with Crippen LogP contribution in [0.2, 0.25) is 0 Å². The molecule has 1 aliphatic rings. The molecule has 130 valence electrons. The van der Waals surface area contributed by atoms with E-state index in [1.54, 1.807) is 0 Å². The fourth-order valence-corrected chi connectivity index (χ4v) is 3.30. The van der Waals surface area contributed by atoms with Crippen molar-refractivity contribution in [2.45, 2.75) is 59.2 Å². The van der Waals surface area contributed by atoms with E-state index in [0.717, 1.165) is 43.9 Å². The Balaban J connectivity index is 1.95. The summed E-state index contributed by atoms with van der Waals surface area (Å²) in [6.07, 6.45) is 2.23. The summed E-state index contributed by atoms with van der Waals surface area (Å²) in [5.74, 6) is 0.218. The Labute approximate surface area is 138 Å². The number of hydrogen-bond donors (Lipinski definition) is 1. The number of nitrogens with zero attached hydrogens (tertiary/aromatic N) is 3. The predicted octanol–water partition coefficient (Wildman–Crippen LogP) is 1.66. The lowest BCUT2D eigenvalue weighted by molar-refractivity contribution is -0.140. The standard InChI is InChI=1S/C17H29N3O3/c1-12-16(11-19-8-5-15(6-9-19)14(3)21)13(2)20(18-12)10-7-17(22)23-4/h14-15,21H,5-11H2,1-4H3. The molecular weight excluding hydrogens is 294 g/mol. The molecule has 0 aromatic carbocycles. The lowest BCUT2D eigenvalue weighted by atomic mass is 9.92. The maximum absolute atomic E-state index is 11.3. The van der Waals surface area contributed by atoms with E-state index in [9.17, 15) is 9.90 Å². The van der Waals surface area contributed by atoms with E-state index in [1.807, 2.05) is 18.5 Å². The van der Waals surface area contributed by atoms with Crippen LogP contribution in [0.15, 0.2) is 0 Å². The molecule has 6 nitrogen and oxygen atoms in total. The molecule has 1 aromatic heterocycles. The van der Waals surface area contributed by atoms with E-state index in [1.165, 1.54) is 12.7 Å². The summed E-state index contributed by atoms with van der Waals surface area (Å²) in [5, 5.41) is 14.3. The van der Waals surface area contributed by atoms with Crippen LogP contribution < -0.4 is 0 Å². The van der Waals surface area contributed by atoms with Crippen LogP contribution in [0, 0.1) is 19.8 Å². The molecule has 23 heavy (non-hydrogen) atoms. The Hall–Kier alpha value is -1.40. The number of aliphatic hydroxyl groups excluding tert-OH is 1. The van der Waals surface area contributed by atoms with Crippen LogP contribution >= 0.6 is 0 Å². The van der Waals surface area contributed by atoms with Crippen molar-refractivity contribution in [2.24, 2.45) is 5.92 Å². The number of aryl methyl sites for hydroxylation is 2. The Morgan fingerprint density at radius 2 is 2.04 bits per heavy atom. The summed E-state index contributed by atoms with van der Waals surface area (Å²) in [7, 11) is 1.41. The number of aliphatic hydroxyl groups is 1. The number of rotatable bonds is 6. The summed E-state index contributed by atoms with van der Waals surface area (Å²) in [4.78, 5) is 13.7. The second-order valence-electron chi connectivity index (χ2n) is 6.55. The van der Waals surface area contributed by atoms with Gasteiger partial charge in [-0.05, 0) is 52.6 Å². The number of carbonyl (C=O) groups is 1. The Morgan fingerprint density at radius 3 is 2.61 bits per heavy atom. The van der Waals surface area contributed by atoms with E-state index < -0.39 is 0 Å². The maximum Gasteiger partial charge on any atom is 0.307 e. The van der Waals surface area contributed by atoms with Crippen molar-refractivity contribution in [1.29, 1.82) is 0 Å². The van der Waals surface area contributed by atoms with Gasteiger partial charge in [0, 0.05) is 17.8 Å². The average Bonchev–Trinajstić information content (AvgIpc) is 2.80. The predicted molar refractivity (Wildman–Crippen MR) is 88.0 cm³/mol. The molecule has 1 saturated heterocycles. The van der Waals surface area contributed by atoms with E-state index in [4.69, 9.17) is 4.74 Å². The van der Waals surface area contributed by atoms with Crippen LogP contribution in [-0.2, 0) is 22.6 Å². The molecule has 0 saturated carbocycles. The Morgan fingerprint density at radius 1 is 1.39 bits per heavy atom. The summed E-state index contributed by atoms with van der Waals surface area (Å²) in [5.41, 5.74) is 3.42. The summed E-state index contributed by atoms with van der Waals surface area (Å²) in [6.45, 7) is 9.46. The van der Waals surface area contributed by atoms with Gasteiger partial charge in [0.1, 0.15) is 0 Å². The lowest BCUT2D eigenvalue weighted by Gasteiger charge is -2.33. The van der Waals surface area contributed by atoms with Crippen LogP contribution in [0.3, 0.4) is 0 Å². The smallest absolute Gasteiger partial charge is 0.307 e. The maximum atomic E-state index is 11.3. The third kappa shape index (κ3) is 4.54. The molecule has 0 spiro atoms. The minimum absolute atomic E-state index is 0.207. The van der Waals surface area contributed by atoms with Gasteiger partial charge < -0.3 is 9.84 Å². The first-order valence-corrected chi connectivity index (χ1v) is 8.42. The SMILES string of the molecule is COC(=O)CCn1nc(C)c(CN2CCC(C(C)O)CC2)c1C. The Kier molecular flexibility index (Phi) is 6.18. The minimum atomic E-state index is -0.209. The second-order valence-corrected chi connectivity index (χ2v) is 6.55. The van der Waals surface area contributed by atoms with Gasteiger partial charge in [-0.15, -0.1) is 0 Å². The van der Waals surface area contributed by atoms with E-state index in [0.29, 0.717) is 18.9 Å². The van der Waals surface area contributed by atoms with Crippen LogP contribution in [0.4, 0.5) is 0 Å². The highest BCUT2D eigenvalue weighted by atomic mass is 16.5. The minimum Gasteiger partial charge on any atom is -0.469 e. The number of methoxy groups -OCH3 is 1. The van der Waals surface area contributed by atoms with Crippen LogP contribution in [0.25, 0.3) is 0 Å². The van der Waals surface area contributed by atoms with Crippen molar-refractivity contribution in [3.8, 4) is 0 Å². The number of esters is 1. The van der Waals surface area contributed by atoms with Crippen molar-refractivity contribution < 1.29 is 14.6 Å². The molecular formula is C17H29N3O3. The quantitative estimate of drug-likeness (QED) is 0.806. The van der Waals surface area contributed by atoms with Crippen molar-refractivity contribution in [2.75, 3.05) is 20.2 Å². The average molecular weight is 323 g/mol. The molecule has 1 atom stereocenters. The lowest BCUT2D eigenvalue weighted by Crippen LogP contribution is -2.36. The molecule has 0 amide bonds. The number of carbonyl (C=O) groups excluding carboxylic acids is 1. The van der Waals surface area contributed by atoms with Crippen LogP contribution in [0.5, 0.6) is 0 Å². The molecule has 1 unspecified atom stereocenters. The van der Waals surface area contributed by atoms with Crippen molar-refractivity contribution >= 4 is 5.97 Å². The van der Waals surface area contributed by atoms with Gasteiger partial charge in [0.25, 0.3) is 0 Å². The fraction of sp³-hybridized carbons (Fsp3) is 0.765. The van der Waals surface area contributed by atoms with Gasteiger partial charge in [0.05, 0.1) is 31.9 Å². The molecule has 1 aliphatic heterocycles. The number of aromatic nitrogens is 2. The molecule has 1 aromatic rings. The van der Waals surface area contributed by atoms with Gasteiger partial charge >= 0.3 is 5.97 Å². The van der Waals surface area contributed by atoms with Crippen molar-refractivity contribution in [1.82, 2.24) is 14.7 Å². The molecule has 0 bridgehead atoms. The normalized spacial score (nSPS) is 18.1. The van der Waals surface area contributed by atoms with Gasteiger partial charge in [-0.25, -0.2) is 0 Å². The Bertz CT molecular complexity index is 531. The summed E-state index contributed by atoms with van der Waals surface area (Å²) < 4.78 is 6.60. The number of likely N-dealkylation sites (tertiary alicyclic amines) is 1. The first kappa shape index (κ1) is 17.9. The van der Waals surface area contributed by atoms with E-state index in [2.05, 4.69) is 16.9 Å². The van der Waals surface area contributed by atoms with E-state index in [-0.39, 0.29) is 12.1 Å². The first-order chi connectivity index (χ1) is 10.9. The van der Waals surface area contributed by atoms with Gasteiger partial charge in [0.15, 0.2) is 0 Å².